The molecule has 0 spiro atoms. The van der Waals surface area contributed by atoms with Crippen molar-refractivity contribution in [3.05, 3.63) is 52.8 Å². The molecule has 20 heavy (non-hydrogen) atoms. The summed E-state index contributed by atoms with van der Waals surface area (Å²) in [6.07, 6.45) is 0. The number of carbonyl (C=O) groups excluding carboxylic acids is 1. The standard InChI is InChI=1S/C14H12ClFN2O2/c1-20-13-5-2-8(6-11(13)16)14(19)18-9-3-4-12(17)10(15)7-9/h2-7H,17H2,1H3,(H,18,19). The highest BCUT2D eigenvalue weighted by Gasteiger charge is 2.10. The molecule has 104 valence electrons. The van der Waals surface area contributed by atoms with Gasteiger partial charge in [0.2, 0.25) is 0 Å². The lowest BCUT2D eigenvalue weighted by molar-refractivity contribution is 0.102. The second-order valence-corrected chi connectivity index (χ2v) is 4.45. The van der Waals surface area contributed by atoms with E-state index in [-0.39, 0.29) is 11.3 Å². The second-order valence-electron chi connectivity index (χ2n) is 4.04. The van der Waals surface area contributed by atoms with Crippen molar-refractivity contribution in [2.45, 2.75) is 0 Å². The van der Waals surface area contributed by atoms with Gasteiger partial charge in [-0.25, -0.2) is 4.39 Å². The smallest absolute Gasteiger partial charge is 0.255 e. The Kier molecular flexibility index (Phi) is 4.10. The third-order valence-corrected chi connectivity index (χ3v) is 3.00. The quantitative estimate of drug-likeness (QED) is 0.854. The molecule has 6 heteroatoms. The van der Waals surface area contributed by atoms with E-state index in [1.807, 2.05) is 0 Å². The van der Waals surface area contributed by atoms with Crippen LogP contribution >= 0.6 is 11.6 Å². The summed E-state index contributed by atoms with van der Waals surface area (Å²) in [5.74, 6) is -0.972. The topological polar surface area (TPSA) is 64.3 Å². The number of hydrogen-bond donors (Lipinski definition) is 2. The van der Waals surface area contributed by atoms with Gasteiger partial charge in [0.25, 0.3) is 5.91 Å². The van der Waals surface area contributed by atoms with Crippen molar-refractivity contribution in [1.29, 1.82) is 0 Å². The lowest BCUT2D eigenvalue weighted by Crippen LogP contribution is -2.12. The van der Waals surface area contributed by atoms with E-state index in [1.165, 1.54) is 25.3 Å². The van der Waals surface area contributed by atoms with Gasteiger partial charge in [-0.2, -0.15) is 0 Å². The summed E-state index contributed by atoms with van der Waals surface area (Å²) in [7, 11) is 1.36. The van der Waals surface area contributed by atoms with E-state index in [4.69, 9.17) is 22.1 Å². The van der Waals surface area contributed by atoms with Crippen molar-refractivity contribution in [2.24, 2.45) is 0 Å². The van der Waals surface area contributed by atoms with Gasteiger partial charge in [0.05, 0.1) is 17.8 Å². The van der Waals surface area contributed by atoms with Crippen molar-refractivity contribution in [3.63, 3.8) is 0 Å². The Hall–Kier alpha value is -2.27. The van der Waals surface area contributed by atoms with Crippen LogP contribution in [0.5, 0.6) is 5.75 Å². The number of ether oxygens (including phenoxy) is 1. The monoisotopic (exact) mass is 294 g/mol. The summed E-state index contributed by atoms with van der Waals surface area (Å²) in [6.45, 7) is 0. The number of nitrogens with one attached hydrogen (secondary N) is 1. The Morgan fingerprint density at radius 2 is 2.05 bits per heavy atom. The van der Waals surface area contributed by atoms with Crippen LogP contribution in [0.2, 0.25) is 5.02 Å². The Morgan fingerprint density at radius 1 is 1.30 bits per heavy atom. The molecule has 0 radical (unpaired) electrons. The van der Waals surface area contributed by atoms with Gasteiger partial charge in [-0.15, -0.1) is 0 Å². The Morgan fingerprint density at radius 3 is 2.65 bits per heavy atom. The average molecular weight is 295 g/mol. The van der Waals surface area contributed by atoms with Crippen LogP contribution in [-0.4, -0.2) is 13.0 Å². The highest BCUT2D eigenvalue weighted by atomic mass is 35.5. The van der Waals surface area contributed by atoms with E-state index in [1.54, 1.807) is 12.1 Å². The minimum absolute atomic E-state index is 0.0806. The molecule has 0 saturated carbocycles. The summed E-state index contributed by atoms with van der Waals surface area (Å²) in [5.41, 5.74) is 6.65. The average Bonchev–Trinajstić information content (AvgIpc) is 2.42. The van der Waals surface area contributed by atoms with E-state index in [9.17, 15) is 9.18 Å². The second kappa shape index (κ2) is 5.79. The van der Waals surface area contributed by atoms with Crippen molar-refractivity contribution in [2.75, 3.05) is 18.2 Å². The molecule has 0 fully saturated rings. The summed E-state index contributed by atoms with van der Waals surface area (Å²) in [4.78, 5) is 12.0. The van der Waals surface area contributed by atoms with Crippen molar-refractivity contribution in [3.8, 4) is 5.75 Å². The van der Waals surface area contributed by atoms with E-state index >= 15 is 0 Å². The first-order valence-electron chi connectivity index (χ1n) is 5.71. The summed E-state index contributed by atoms with van der Waals surface area (Å²) in [6, 6.07) is 8.67. The summed E-state index contributed by atoms with van der Waals surface area (Å²) >= 11 is 5.86. The first-order chi connectivity index (χ1) is 9.51. The molecule has 2 aromatic carbocycles. The minimum Gasteiger partial charge on any atom is -0.494 e. The van der Waals surface area contributed by atoms with Crippen LogP contribution in [0.4, 0.5) is 15.8 Å². The van der Waals surface area contributed by atoms with Crippen molar-refractivity contribution < 1.29 is 13.9 Å². The number of methoxy groups -OCH3 is 1. The normalized spacial score (nSPS) is 10.2. The van der Waals surface area contributed by atoms with Crippen LogP contribution in [0.3, 0.4) is 0 Å². The van der Waals surface area contributed by atoms with Crippen LogP contribution in [0.25, 0.3) is 0 Å². The molecule has 0 bridgehead atoms. The fraction of sp³-hybridized carbons (Fsp3) is 0.0714. The number of benzene rings is 2. The molecule has 0 aliphatic heterocycles. The molecule has 0 saturated heterocycles. The largest absolute Gasteiger partial charge is 0.494 e. The van der Waals surface area contributed by atoms with Gasteiger partial charge in [-0.3, -0.25) is 4.79 Å². The summed E-state index contributed by atoms with van der Waals surface area (Å²) in [5, 5.41) is 2.94. The molecule has 0 aliphatic carbocycles. The fourth-order valence-corrected chi connectivity index (χ4v) is 1.80. The molecule has 0 aromatic heterocycles. The lowest BCUT2D eigenvalue weighted by atomic mass is 10.2. The third kappa shape index (κ3) is 3.00. The molecule has 0 heterocycles. The minimum atomic E-state index is -0.601. The van der Waals surface area contributed by atoms with Gasteiger partial charge < -0.3 is 15.8 Å². The first-order valence-corrected chi connectivity index (χ1v) is 6.09. The molecule has 0 unspecified atom stereocenters. The van der Waals surface area contributed by atoms with Crippen LogP contribution in [0, 0.1) is 5.82 Å². The van der Waals surface area contributed by atoms with Gasteiger partial charge in [0, 0.05) is 11.3 Å². The predicted molar refractivity (Wildman–Crippen MR) is 76.8 cm³/mol. The molecular formula is C14H12ClFN2O2. The Bertz CT molecular complexity index is 662. The van der Waals surface area contributed by atoms with Crippen LogP contribution < -0.4 is 15.8 Å². The zero-order chi connectivity index (χ0) is 14.7. The lowest BCUT2D eigenvalue weighted by Gasteiger charge is -2.08. The van der Waals surface area contributed by atoms with Gasteiger partial charge in [0.1, 0.15) is 0 Å². The maximum Gasteiger partial charge on any atom is 0.255 e. The molecule has 3 N–H and O–H groups in total. The molecule has 0 atom stereocenters. The third-order valence-electron chi connectivity index (χ3n) is 2.67. The number of carbonyl (C=O) groups is 1. The molecule has 4 nitrogen and oxygen atoms in total. The number of amides is 1. The van der Waals surface area contributed by atoms with E-state index in [2.05, 4.69) is 5.32 Å². The summed E-state index contributed by atoms with van der Waals surface area (Å²) < 4.78 is 18.3. The van der Waals surface area contributed by atoms with E-state index in [0.717, 1.165) is 6.07 Å². The Balaban J connectivity index is 2.19. The molecule has 0 aliphatic rings. The van der Waals surface area contributed by atoms with Crippen LogP contribution in [-0.2, 0) is 0 Å². The Labute approximate surface area is 120 Å². The van der Waals surface area contributed by atoms with Gasteiger partial charge >= 0.3 is 0 Å². The van der Waals surface area contributed by atoms with Crippen molar-refractivity contribution in [1.82, 2.24) is 0 Å². The SMILES string of the molecule is COc1ccc(C(=O)Nc2ccc(N)c(Cl)c2)cc1F. The maximum atomic E-state index is 13.5. The first kappa shape index (κ1) is 14.1. The number of anilines is 2. The molecule has 2 rings (SSSR count). The molecule has 2 aromatic rings. The zero-order valence-corrected chi connectivity index (χ0v) is 11.4. The molecule has 1 amide bonds. The number of halogens is 2. The van der Waals surface area contributed by atoms with Crippen LogP contribution in [0.1, 0.15) is 10.4 Å². The molecular weight excluding hydrogens is 283 g/mol. The highest BCUT2D eigenvalue weighted by molar-refractivity contribution is 6.33. The van der Waals surface area contributed by atoms with Crippen LogP contribution in [0.15, 0.2) is 36.4 Å². The van der Waals surface area contributed by atoms with E-state index in [0.29, 0.717) is 16.4 Å². The van der Waals surface area contributed by atoms with Gasteiger partial charge in [-0.1, -0.05) is 11.6 Å². The fourth-order valence-electron chi connectivity index (χ4n) is 1.62. The predicted octanol–water partition coefficient (Wildman–Crippen LogP) is 3.32. The number of hydrogen-bond acceptors (Lipinski definition) is 3. The highest BCUT2D eigenvalue weighted by Crippen LogP contribution is 2.23. The zero-order valence-electron chi connectivity index (χ0n) is 10.6. The van der Waals surface area contributed by atoms with Gasteiger partial charge in [-0.05, 0) is 36.4 Å². The number of nitrogen functional groups attached to an aromatic ring is 1. The van der Waals surface area contributed by atoms with E-state index < -0.39 is 11.7 Å². The van der Waals surface area contributed by atoms with Gasteiger partial charge in [0.15, 0.2) is 11.6 Å². The number of rotatable bonds is 3. The maximum absolute atomic E-state index is 13.5. The van der Waals surface area contributed by atoms with Crippen molar-refractivity contribution >= 4 is 28.9 Å². The number of nitrogens with two attached hydrogens (primary N) is 1.